The van der Waals surface area contributed by atoms with E-state index in [4.69, 9.17) is 10.5 Å². The smallest absolute Gasteiger partial charge is 0.338 e. The van der Waals surface area contributed by atoms with Gasteiger partial charge in [0.05, 0.1) is 5.56 Å². The molecule has 0 atom stereocenters. The average Bonchev–Trinajstić information content (AvgIpc) is 2.26. The third-order valence-electron chi connectivity index (χ3n) is 1.76. The normalized spacial score (nSPS) is 9.40. The van der Waals surface area contributed by atoms with Crippen molar-refractivity contribution < 1.29 is 14.3 Å². The molecule has 0 aliphatic heterocycles. The van der Waals surface area contributed by atoms with Crippen LogP contribution in [0.4, 0.5) is 5.69 Å². The van der Waals surface area contributed by atoms with Crippen LogP contribution in [0.5, 0.6) is 0 Å². The van der Waals surface area contributed by atoms with Crippen molar-refractivity contribution in [1.82, 2.24) is 5.32 Å². The molecule has 0 spiro atoms. The molecule has 0 aliphatic rings. The SMILES string of the molecule is CNC(=O)COC(=O)c1ccc(N)cc1. The van der Waals surface area contributed by atoms with Gasteiger partial charge in [0.2, 0.25) is 0 Å². The number of anilines is 1. The van der Waals surface area contributed by atoms with Gasteiger partial charge < -0.3 is 15.8 Å². The minimum atomic E-state index is -0.543. The minimum Gasteiger partial charge on any atom is -0.452 e. The number of rotatable bonds is 3. The van der Waals surface area contributed by atoms with Gasteiger partial charge in [-0.25, -0.2) is 4.79 Å². The number of amides is 1. The highest BCUT2D eigenvalue weighted by Crippen LogP contribution is 2.06. The van der Waals surface area contributed by atoms with E-state index in [-0.39, 0.29) is 12.5 Å². The van der Waals surface area contributed by atoms with Crippen molar-refractivity contribution in [1.29, 1.82) is 0 Å². The number of carbonyl (C=O) groups excluding carboxylic acids is 2. The number of likely N-dealkylation sites (N-methyl/N-ethyl adjacent to an activating group) is 1. The number of ether oxygens (including phenoxy) is 1. The van der Waals surface area contributed by atoms with Crippen molar-refractivity contribution in [2.24, 2.45) is 0 Å². The number of hydrogen-bond donors (Lipinski definition) is 2. The molecule has 0 aromatic heterocycles. The van der Waals surface area contributed by atoms with Gasteiger partial charge >= 0.3 is 5.97 Å². The zero-order chi connectivity index (χ0) is 11.3. The minimum absolute atomic E-state index is 0.278. The van der Waals surface area contributed by atoms with E-state index in [2.05, 4.69) is 5.32 Å². The van der Waals surface area contributed by atoms with Crippen LogP contribution in [0.3, 0.4) is 0 Å². The largest absolute Gasteiger partial charge is 0.452 e. The summed E-state index contributed by atoms with van der Waals surface area (Å²) in [5.74, 6) is -0.891. The van der Waals surface area contributed by atoms with E-state index < -0.39 is 5.97 Å². The molecule has 0 bridgehead atoms. The van der Waals surface area contributed by atoms with Gasteiger partial charge in [-0.2, -0.15) is 0 Å². The molecule has 0 saturated heterocycles. The maximum Gasteiger partial charge on any atom is 0.338 e. The van der Waals surface area contributed by atoms with Gasteiger partial charge in [-0.05, 0) is 24.3 Å². The highest BCUT2D eigenvalue weighted by molar-refractivity contribution is 5.91. The zero-order valence-electron chi connectivity index (χ0n) is 8.32. The predicted octanol–water partition coefficient (Wildman–Crippen LogP) is 0.172. The summed E-state index contributed by atoms with van der Waals surface area (Å²) in [7, 11) is 1.47. The van der Waals surface area contributed by atoms with Crippen LogP contribution >= 0.6 is 0 Å². The number of nitrogens with two attached hydrogens (primary N) is 1. The maximum atomic E-state index is 11.3. The Hall–Kier alpha value is -2.04. The summed E-state index contributed by atoms with van der Waals surface area (Å²) in [4.78, 5) is 22.1. The lowest BCUT2D eigenvalue weighted by molar-refractivity contribution is -0.123. The summed E-state index contributed by atoms with van der Waals surface area (Å²) in [6.07, 6.45) is 0. The van der Waals surface area contributed by atoms with Gasteiger partial charge in [0.15, 0.2) is 6.61 Å². The Balaban J connectivity index is 2.54. The first kappa shape index (κ1) is 11.0. The fourth-order valence-corrected chi connectivity index (χ4v) is 0.906. The Morgan fingerprint density at radius 1 is 1.33 bits per heavy atom. The third-order valence-corrected chi connectivity index (χ3v) is 1.76. The molecular weight excluding hydrogens is 196 g/mol. The molecule has 5 heteroatoms. The number of hydrogen-bond acceptors (Lipinski definition) is 4. The van der Waals surface area contributed by atoms with Crippen LogP contribution < -0.4 is 11.1 Å². The van der Waals surface area contributed by atoms with Crippen LogP contribution in [0.2, 0.25) is 0 Å². The second-order valence-corrected chi connectivity index (χ2v) is 2.87. The Kier molecular flexibility index (Phi) is 3.68. The molecule has 5 nitrogen and oxygen atoms in total. The van der Waals surface area contributed by atoms with E-state index in [9.17, 15) is 9.59 Å². The van der Waals surface area contributed by atoms with Crippen LogP contribution in [0.25, 0.3) is 0 Å². The summed E-state index contributed by atoms with van der Waals surface area (Å²) in [6.45, 7) is -0.278. The molecule has 0 fully saturated rings. The van der Waals surface area contributed by atoms with Crippen molar-refractivity contribution in [3.05, 3.63) is 29.8 Å². The average molecular weight is 208 g/mol. The van der Waals surface area contributed by atoms with Crippen LogP contribution in [-0.2, 0) is 9.53 Å². The summed E-state index contributed by atoms with van der Waals surface area (Å²) >= 11 is 0. The zero-order valence-corrected chi connectivity index (χ0v) is 8.32. The molecule has 1 aromatic carbocycles. The lowest BCUT2D eigenvalue weighted by Gasteiger charge is -2.03. The van der Waals surface area contributed by atoms with Crippen LogP contribution in [0, 0.1) is 0 Å². The first-order valence-electron chi connectivity index (χ1n) is 4.36. The van der Waals surface area contributed by atoms with E-state index in [1.54, 1.807) is 24.3 Å². The standard InChI is InChI=1S/C10H12N2O3/c1-12-9(13)6-15-10(14)7-2-4-8(11)5-3-7/h2-5H,6,11H2,1H3,(H,12,13). The van der Waals surface area contributed by atoms with Crippen LogP contribution in [0.1, 0.15) is 10.4 Å². The lowest BCUT2D eigenvalue weighted by Crippen LogP contribution is -2.25. The number of carbonyl (C=O) groups is 2. The quantitative estimate of drug-likeness (QED) is 0.548. The molecule has 0 saturated carbocycles. The van der Waals surface area contributed by atoms with E-state index in [1.807, 2.05) is 0 Å². The van der Waals surface area contributed by atoms with Gasteiger partial charge in [0.1, 0.15) is 0 Å². The Morgan fingerprint density at radius 3 is 2.47 bits per heavy atom. The molecular formula is C10H12N2O3. The summed E-state index contributed by atoms with van der Waals surface area (Å²) in [6, 6.07) is 6.27. The Bertz CT molecular complexity index is 359. The second kappa shape index (κ2) is 4.99. The highest BCUT2D eigenvalue weighted by Gasteiger charge is 2.08. The van der Waals surface area contributed by atoms with Gasteiger partial charge in [0.25, 0.3) is 5.91 Å². The fraction of sp³-hybridized carbons (Fsp3) is 0.200. The van der Waals surface area contributed by atoms with E-state index >= 15 is 0 Å². The molecule has 0 aliphatic carbocycles. The van der Waals surface area contributed by atoms with Crippen molar-refractivity contribution >= 4 is 17.6 Å². The molecule has 0 radical (unpaired) electrons. The summed E-state index contributed by atoms with van der Waals surface area (Å²) in [5.41, 5.74) is 6.39. The van der Waals surface area contributed by atoms with Gasteiger partial charge in [0, 0.05) is 12.7 Å². The number of nitrogens with one attached hydrogen (secondary N) is 1. The first-order valence-corrected chi connectivity index (χ1v) is 4.36. The molecule has 0 unspecified atom stereocenters. The Labute approximate surface area is 87.2 Å². The topological polar surface area (TPSA) is 81.4 Å². The maximum absolute atomic E-state index is 11.3. The lowest BCUT2D eigenvalue weighted by atomic mass is 10.2. The van der Waals surface area contributed by atoms with Crippen molar-refractivity contribution in [3.8, 4) is 0 Å². The molecule has 80 valence electrons. The van der Waals surface area contributed by atoms with Crippen molar-refractivity contribution in [3.63, 3.8) is 0 Å². The molecule has 0 heterocycles. The molecule has 1 rings (SSSR count). The number of nitrogen functional groups attached to an aromatic ring is 1. The fourth-order valence-electron chi connectivity index (χ4n) is 0.906. The molecule has 1 amide bonds. The summed E-state index contributed by atoms with van der Waals surface area (Å²) in [5, 5.41) is 2.34. The van der Waals surface area contributed by atoms with Gasteiger partial charge in [-0.3, -0.25) is 4.79 Å². The predicted molar refractivity (Wildman–Crippen MR) is 55.2 cm³/mol. The molecule has 3 N–H and O–H groups in total. The first-order chi connectivity index (χ1) is 7.13. The second-order valence-electron chi connectivity index (χ2n) is 2.87. The van der Waals surface area contributed by atoms with E-state index in [1.165, 1.54) is 7.05 Å². The van der Waals surface area contributed by atoms with Crippen molar-refractivity contribution in [2.45, 2.75) is 0 Å². The van der Waals surface area contributed by atoms with E-state index in [0.29, 0.717) is 11.3 Å². The summed E-state index contributed by atoms with van der Waals surface area (Å²) < 4.78 is 4.73. The molecule has 15 heavy (non-hydrogen) atoms. The highest BCUT2D eigenvalue weighted by atomic mass is 16.5. The number of esters is 1. The molecule has 1 aromatic rings. The van der Waals surface area contributed by atoms with Crippen molar-refractivity contribution in [2.75, 3.05) is 19.4 Å². The van der Waals surface area contributed by atoms with Crippen LogP contribution in [-0.4, -0.2) is 25.5 Å². The number of benzene rings is 1. The third kappa shape index (κ3) is 3.30. The van der Waals surface area contributed by atoms with Crippen LogP contribution in [0.15, 0.2) is 24.3 Å². The monoisotopic (exact) mass is 208 g/mol. The van der Waals surface area contributed by atoms with Gasteiger partial charge in [-0.15, -0.1) is 0 Å². The Morgan fingerprint density at radius 2 is 1.93 bits per heavy atom. The van der Waals surface area contributed by atoms with E-state index in [0.717, 1.165) is 0 Å². The van der Waals surface area contributed by atoms with Gasteiger partial charge in [-0.1, -0.05) is 0 Å².